The van der Waals surface area contributed by atoms with E-state index in [9.17, 15) is 0 Å². The highest BCUT2D eigenvalue weighted by atomic mass is 28.3. The molecule has 2 aliphatic heterocycles. The lowest BCUT2D eigenvalue weighted by molar-refractivity contribution is -0.723. The van der Waals surface area contributed by atoms with Crippen molar-refractivity contribution in [1.82, 2.24) is 4.57 Å². The van der Waals surface area contributed by atoms with E-state index in [2.05, 4.69) is 182 Å². The number of benzene rings is 7. The van der Waals surface area contributed by atoms with Gasteiger partial charge < -0.3 is 4.42 Å². The van der Waals surface area contributed by atoms with Crippen molar-refractivity contribution >= 4 is 51.9 Å². The molecule has 0 fully saturated rings. The molecule has 0 amide bonds. The maximum Gasteiger partial charge on any atom is 0.304 e. The van der Waals surface area contributed by atoms with Crippen molar-refractivity contribution in [3.05, 3.63) is 199 Å². The molecule has 0 radical (unpaired) electrons. The van der Waals surface area contributed by atoms with Crippen LogP contribution in [0.2, 0.25) is 19.6 Å². The Balaban J connectivity index is 1.25. The highest BCUT2D eigenvalue weighted by Gasteiger charge is 2.48. The Morgan fingerprint density at radius 2 is 1.30 bits per heavy atom. The summed E-state index contributed by atoms with van der Waals surface area (Å²) in [5.74, 6) is 1.09. The smallest absolute Gasteiger partial charge is 0.304 e. The lowest BCUT2D eigenvalue weighted by Gasteiger charge is -2.31. The number of para-hydroxylation sites is 2. The van der Waals surface area contributed by atoms with E-state index in [-0.39, 0.29) is 35.2 Å². The zero-order valence-electron chi connectivity index (χ0n) is 40.6. The molecule has 0 saturated heterocycles. The van der Waals surface area contributed by atoms with Crippen LogP contribution in [-0.2, 0) is 6.42 Å². The van der Waals surface area contributed by atoms with Crippen molar-refractivity contribution in [2.24, 2.45) is 0 Å². The molecule has 6 heteroatoms. The third kappa shape index (κ3) is 6.74. The maximum absolute atomic E-state index is 17.2. The van der Waals surface area contributed by atoms with E-state index in [0.29, 0.717) is 11.1 Å². The van der Waals surface area contributed by atoms with Crippen molar-refractivity contribution in [3.63, 3.8) is 0 Å². The van der Waals surface area contributed by atoms with Crippen LogP contribution in [-0.4, -0.2) is 12.6 Å². The molecule has 2 atom stereocenters. The Hall–Kier alpha value is -7.15. The van der Waals surface area contributed by atoms with Crippen LogP contribution in [0.25, 0.3) is 89.3 Å². The minimum atomic E-state index is -1.75. The third-order valence-corrected chi connectivity index (χ3v) is 17.2. The number of pyridine rings is 1. The molecule has 3 aromatic heterocycles. The van der Waals surface area contributed by atoms with Crippen molar-refractivity contribution in [3.8, 4) is 50.6 Å². The van der Waals surface area contributed by atoms with Gasteiger partial charge in [-0.15, -0.1) is 0 Å². The monoisotopic (exact) mass is 919 g/mol. The van der Waals surface area contributed by atoms with Gasteiger partial charge in [-0.3, -0.25) is 0 Å². The van der Waals surface area contributed by atoms with Gasteiger partial charge in [0.25, 0.3) is 0 Å². The van der Waals surface area contributed by atoms with Crippen LogP contribution in [0.15, 0.2) is 175 Å². The lowest BCUT2D eigenvalue weighted by Crippen LogP contribution is -2.56. The molecule has 0 N–H and O–H groups in total. The summed E-state index contributed by atoms with van der Waals surface area (Å²) in [6.07, 6.45) is 4.11. The van der Waals surface area contributed by atoms with Gasteiger partial charge in [0.1, 0.15) is 11.3 Å². The molecule has 2 unspecified atom stereocenters. The second-order valence-electron chi connectivity index (χ2n) is 21.0. The number of rotatable bonds is 6. The van der Waals surface area contributed by atoms with Crippen LogP contribution >= 0.6 is 0 Å². The predicted molar refractivity (Wildman–Crippen MR) is 286 cm³/mol. The van der Waals surface area contributed by atoms with Gasteiger partial charge in [0.2, 0.25) is 11.7 Å². The Morgan fingerprint density at radius 1 is 0.667 bits per heavy atom. The predicted octanol–water partition coefficient (Wildman–Crippen LogP) is 15.5. The van der Waals surface area contributed by atoms with Crippen LogP contribution in [0.4, 0.5) is 4.39 Å². The molecule has 2 aliphatic rings. The first-order valence-corrected chi connectivity index (χ1v) is 28.2. The first-order valence-electron chi connectivity index (χ1n) is 24.7. The number of nitrogens with zero attached hydrogens (tertiary/aromatic N) is 3. The van der Waals surface area contributed by atoms with Gasteiger partial charge >= 0.3 is 5.82 Å². The minimum Gasteiger partial charge on any atom is -0.452 e. The van der Waals surface area contributed by atoms with Gasteiger partial charge in [-0.05, 0) is 95.5 Å². The highest BCUT2D eigenvalue weighted by Crippen LogP contribution is 2.49. The fraction of sp³-hybridized carbons (Fsp3) is 0.206. The van der Waals surface area contributed by atoms with E-state index >= 15 is 4.39 Å². The third-order valence-electron chi connectivity index (χ3n) is 15.2. The molecule has 10 aromatic rings. The van der Waals surface area contributed by atoms with Crippen molar-refractivity contribution < 1.29 is 17.9 Å². The second-order valence-corrected chi connectivity index (χ2v) is 26.1. The summed E-state index contributed by atoms with van der Waals surface area (Å²) >= 11 is 0. The molecule has 0 aliphatic carbocycles. The number of fused-ring (bicyclic) bond motifs is 15. The van der Waals surface area contributed by atoms with Gasteiger partial charge in [-0.1, -0.05) is 163 Å². The van der Waals surface area contributed by atoms with E-state index in [0.717, 1.165) is 57.3 Å². The fourth-order valence-corrected chi connectivity index (χ4v) is 12.8. The molecule has 12 rings (SSSR count). The topological polar surface area (TPSA) is 25.8 Å². The molecule has 340 valence electrons. The van der Waals surface area contributed by atoms with Crippen molar-refractivity contribution in [2.45, 2.75) is 84.0 Å². The molecule has 4 nitrogen and oxygen atoms in total. The second kappa shape index (κ2) is 16.2. The van der Waals surface area contributed by atoms with Crippen LogP contribution in [0.1, 0.15) is 80.2 Å². The Morgan fingerprint density at radius 3 is 2.01 bits per heavy atom. The summed E-state index contributed by atoms with van der Waals surface area (Å²) in [5, 5.41) is 3.07. The van der Waals surface area contributed by atoms with E-state index in [4.69, 9.17) is 11.0 Å². The van der Waals surface area contributed by atoms with Gasteiger partial charge in [0.05, 0.1) is 14.0 Å². The van der Waals surface area contributed by atoms with Crippen LogP contribution < -0.4 is 14.3 Å². The minimum absolute atomic E-state index is 0.108. The molecule has 0 bridgehead atoms. The average Bonchev–Trinajstić information content (AvgIpc) is 3.92. The zero-order chi connectivity index (χ0) is 47.5. The number of furan rings is 1. The standard InChI is InChI=1S/C63H58FN3OSi/c1-38(2)52-35-44(41-19-11-9-12-20-41)36-53(39(3)4)60(52)67-56-26-18-17-25-55(56)66-40(5)59-49(47-23-15-16-24-48(47)54-34-29-45(37-65(54)59)69(6,7)8)30-27-43-28-31-50-51-33-32-46(42-21-13-10-14-22-42)58(64)62(51)68-61(50)57(43)63(66)67/h9-26,28-29,31-39,49,59H,5,27,30H2,1-4,6-8H3/q+2. The van der Waals surface area contributed by atoms with E-state index in [1.54, 1.807) is 0 Å². The summed E-state index contributed by atoms with van der Waals surface area (Å²) < 4.78 is 32.0. The van der Waals surface area contributed by atoms with Gasteiger partial charge in [0.15, 0.2) is 39.9 Å². The first-order chi connectivity index (χ1) is 33.4. The lowest BCUT2D eigenvalue weighted by atomic mass is 9.78. The fourth-order valence-electron chi connectivity index (χ4n) is 11.7. The molecular weight excluding hydrogens is 862 g/mol. The summed E-state index contributed by atoms with van der Waals surface area (Å²) in [4.78, 5) is 0. The maximum atomic E-state index is 17.2. The molecule has 7 aromatic carbocycles. The number of aromatic nitrogens is 3. The van der Waals surface area contributed by atoms with E-state index < -0.39 is 8.07 Å². The van der Waals surface area contributed by atoms with Gasteiger partial charge in [-0.25, -0.2) is 4.39 Å². The average molecular weight is 920 g/mol. The SMILES string of the molecule is C=C1C2C(CCc3ccc4c(oc5c(F)c(-c6ccccc6)ccc54)c3-c3n(-c4c(C(C)C)cc(-c5ccccc5)cc4C(C)C)c4ccccc4[n+]31)c1ccccc1-c1ccc([Si](C)(C)C)c[n+]12. The summed E-state index contributed by atoms with van der Waals surface area (Å²) in [7, 11) is -1.75. The molecular formula is C63H58FN3OSi+2. The Kier molecular flexibility index (Phi) is 10.2. The number of hydrogen-bond acceptors (Lipinski definition) is 1. The molecule has 69 heavy (non-hydrogen) atoms. The van der Waals surface area contributed by atoms with Gasteiger partial charge in [-0.2, -0.15) is 13.7 Å². The summed E-state index contributed by atoms with van der Waals surface area (Å²) in [6.45, 7) is 21.8. The van der Waals surface area contributed by atoms with Crippen LogP contribution in [0.3, 0.4) is 0 Å². The van der Waals surface area contributed by atoms with Crippen molar-refractivity contribution in [2.75, 3.05) is 0 Å². The van der Waals surface area contributed by atoms with Crippen molar-refractivity contribution in [1.29, 1.82) is 0 Å². The van der Waals surface area contributed by atoms with E-state index in [1.807, 2.05) is 42.5 Å². The summed E-state index contributed by atoms with van der Waals surface area (Å²) in [5.41, 5.74) is 17.5. The number of allylic oxidation sites excluding steroid dienone is 1. The van der Waals surface area contributed by atoms with E-state index in [1.165, 1.54) is 55.5 Å². The van der Waals surface area contributed by atoms with Crippen LogP contribution in [0.5, 0.6) is 0 Å². The molecule has 5 heterocycles. The molecule has 0 saturated carbocycles. The van der Waals surface area contributed by atoms with Crippen LogP contribution in [0, 0.1) is 5.82 Å². The number of hydrogen-bond donors (Lipinski definition) is 0. The number of halogens is 1. The Bertz CT molecular complexity index is 3680. The molecule has 0 spiro atoms. The normalized spacial score (nSPS) is 15.7. The Labute approximate surface area is 405 Å². The zero-order valence-corrected chi connectivity index (χ0v) is 41.6. The highest BCUT2D eigenvalue weighted by molar-refractivity contribution is 6.88. The largest absolute Gasteiger partial charge is 0.452 e. The summed E-state index contributed by atoms with van der Waals surface area (Å²) in [6, 6.07) is 56.3. The van der Waals surface area contributed by atoms with Gasteiger partial charge in [0, 0.05) is 44.3 Å². The quantitative estimate of drug-likeness (QED) is 0.121. The number of imidazole rings is 1. The number of aryl methyl sites for hydroxylation is 1. The first kappa shape index (κ1) is 43.1.